The summed E-state index contributed by atoms with van der Waals surface area (Å²) in [6, 6.07) is 5.07. The van der Waals surface area contributed by atoms with Crippen molar-refractivity contribution in [3.8, 4) is 0 Å². The molecule has 15 heavy (non-hydrogen) atoms. The van der Waals surface area contributed by atoms with E-state index < -0.39 is 0 Å². The fourth-order valence-corrected chi connectivity index (χ4v) is 1.61. The Bertz CT molecular complexity index is 390. The molecule has 0 radical (unpaired) electrons. The van der Waals surface area contributed by atoms with Gasteiger partial charge < -0.3 is 5.32 Å². The number of carbonyl (C=O) groups is 1. The number of rotatable bonds is 3. The summed E-state index contributed by atoms with van der Waals surface area (Å²) in [5, 5.41) is 2.44. The normalized spacial score (nSPS) is 15.1. The van der Waals surface area contributed by atoms with Gasteiger partial charge in [-0.25, -0.2) is 4.39 Å². The first-order valence-corrected chi connectivity index (χ1v) is 5.40. The summed E-state index contributed by atoms with van der Waals surface area (Å²) in [4.78, 5) is 11.0. The maximum absolute atomic E-state index is 13.8. The second kappa shape index (κ2) is 4.19. The van der Waals surface area contributed by atoms with Crippen molar-refractivity contribution in [1.82, 2.24) is 0 Å². The first kappa shape index (κ1) is 10.4. The standard InChI is InChI=1S/C11H11ClFNO/c12-6-10(15)14-9-3-1-2-8(11(9)13)7-4-5-7/h1-3,7H,4-6H2,(H,14,15). The highest BCUT2D eigenvalue weighted by Crippen LogP contribution is 2.42. The van der Waals surface area contributed by atoms with Crippen LogP contribution in [0.5, 0.6) is 0 Å². The Morgan fingerprint density at radius 1 is 1.53 bits per heavy atom. The molecule has 1 fully saturated rings. The predicted molar refractivity (Wildman–Crippen MR) is 57.7 cm³/mol. The maximum atomic E-state index is 13.8. The van der Waals surface area contributed by atoms with Gasteiger partial charge in [0.25, 0.3) is 0 Å². The van der Waals surface area contributed by atoms with Gasteiger partial charge in [-0.05, 0) is 30.4 Å². The molecule has 1 saturated carbocycles. The van der Waals surface area contributed by atoms with Crippen molar-refractivity contribution in [2.45, 2.75) is 18.8 Å². The summed E-state index contributed by atoms with van der Waals surface area (Å²) in [6.07, 6.45) is 2.06. The summed E-state index contributed by atoms with van der Waals surface area (Å²) >= 11 is 5.33. The molecule has 0 aromatic heterocycles. The molecular formula is C11H11ClFNO. The highest BCUT2D eigenvalue weighted by atomic mass is 35.5. The van der Waals surface area contributed by atoms with Gasteiger partial charge >= 0.3 is 0 Å². The van der Waals surface area contributed by atoms with Gasteiger partial charge in [0, 0.05) is 0 Å². The molecule has 0 bridgehead atoms. The van der Waals surface area contributed by atoms with E-state index >= 15 is 0 Å². The van der Waals surface area contributed by atoms with Crippen molar-refractivity contribution in [3.63, 3.8) is 0 Å². The van der Waals surface area contributed by atoms with Crippen LogP contribution in [-0.4, -0.2) is 11.8 Å². The van der Waals surface area contributed by atoms with E-state index in [-0.39, 0.29) is 23.3 Å². The average Bonchev–Trinajstić information content (AvgIpc) is 3.04. The Hall–Kier alpha value is -1.09. The first-order chi connectivity index (χ1) is 7.22. The van der Waals surface area contributed by atoms with Crippen molar-refractivity contribution >= 4 is 23.2 Å². The minimum absolute atomic E-state index is 0.160. The van der Waals surface area contributed by atoms with Crippen LogP contribution in [0, 0.1) is 5.82 Å². The van der Waals surface area contributed by atoms with Crippen molar-refractivity contribution in [2.24, 2.45) is 0 Å². The van der Waals surface area contributed by atoms with Gasteiger partial charge in [0.2, 0.25) is 5.91 Å². The maximum Gasteiger partial charge on any atom is 0.239 e. The zero-order chi connectivity index (χ0) is 10.8. The number of carbonyl (C=O) groups excluding carboxylic acids is 1. The van der Waals surface area contributed by atoms with E-state index in [2.05, 4.69) is 5.32 Å². The van der Waals surface area contributed by atoms with Gasteiger partial charge in [0.05, 0.1) is 5.69 Å². The lowest BCUT2D eigenvalue weighted by Crippen LogP contribution is -2.14. The Morgan fingerprint density at radius 2 is 2.27 bits per heavy atom. The fraction of sp³-hybridized carbons (Fsp3) is 0.364. The molecule has 0 atom stereocenters. The molecule has 80 valence electrons. The van der Waals surface area contributed by atoms with Crippen LogP contribution in [0.25, 0.3) is 0 Å². The summed E-state index contributed by atoms with van der Waals surface area (Å²) in [7, 11) is 0. The summed E-state index contributed by atoms with van der Waals surface area (Å²) < 4.78 is 13.8. The third-order valence-electron chi connectivity index (χ3n) is 2.44. The number of hydrogen-bond donors (Lipinski definition) is 1. The molecular weight excluding hydrogens is 217 g/mol. The van der Waals surface area contributed by atoms with E-state index in [1.165, 1.54) is 0 Å². The first-order valence-electron chi connectivity index (χ1n) is 4.86. The molecule has 0 spiro atoms. The van der Waals surface area contributed by atoms with E-state index in [1.807, 2.05) is 0 Å². The third kappa shape index (κ3) is 2.29. The predicted octanol–water partition coefficient (Wildman–Crippen LogP) is 2.88. The van der Waals surface area contributed by atoms with E-state index in [0.29, 0.717) is 11.5 Å². The molecule has 0 saturated heterocycles. The van der Waals surface area contributed by atoms with E-state index in [1.54, 1.807) is 18.2 Å². The Balaban J connectivity index is 2.23. The van der Waals surface area contributed by atoms with Crippen LogP contribution in [0.15, 0.2) is 18.2 Å². The second-order valence-corrected chi connectivity index (χ2v) is 3.93. The quantitative estimate of drug-likeness (QED) is 0.791. The van der Waals surface area contributed by atoms with Gasteiger partial charge in [-0.3, -0.25) is 4.79 Å². The topological polar surface area (TPSA) is 29.1 Å². The zero-order valence-electron chi connectivity index (χ0n) is 8.09. The molecule has 1 aromatic rings. The lowest BCUT2D eigenvalue weighted by Gasteiger charge is -2.07. The number of halogens is 2. The summed E-state index contributed by atoms with van der Waals surface area (Å²) in [5.74, 6) is -0.535. The molecule has 2 nitrogen and oxygen atoms in total. The Kier molecular flexibility index (Phi) is 2.91. The molecule has 0 aliphatic heterocycles. The lowest BCUT2D eigenvalue weighted by molar-refractivity contribution is -0.113. The van der Waals surface area contributed by atoms with Crippen molar-refractivity contribution in [3.05, 3.63) is 29.6 Å². The van der Waals surface area contributed by atoms with Gasteiger partial charge in [0.15, 0.2) is 0 Å². The van der Waals surface area contributed by atoms with E-state index in [0.717, 1.165) is 12.8 Å². The largest absolute Gasteiger partial charge is 0.323 e. The molecule has 1 aliphatic rings. The molecule has 1 N–H and O–H groups in total. The second-order valence-electron chi connectivity index (χ2n) is 3.66. The summed E-state index contributed by atoms with van der Waals surface area (Å²) in [6.45, 7) is 0. The van der Waals surface area contributed by atoms with Crippen LogP contribution in [-0.2, 0) is 4.79 Å². The van der Waals surface area contributed by atoms with Gasteiger partial charge in [-0.1, -0.05) is 12.1 Å². The molecule has 0 unspecified atom stereocenters. The van der Waals surface area contributed by atoms with Crippen molar-refractivity contribution in [1.29, 1.82) is 0 Å². The molecule has 1 aromatic carbocycles. The van der Waals surface area contributed by atoms with Gasteiger partial charge in [-0.2, -0.15) is 0 Å². The van der Waals surface area contributed by atoms with Crippen LogP contribution >= 0.6 is 11.6 Å². The fourth-order valence-electron chi connectivity index (χ4n) is 1.54. The number of benzene rings is 1. The van der Waals surface area contributed by atoms with Crippen LogP contribution in [0.1, 0.15) is 24.3 Å². The zero-order valence-corrected chi connectivity index (χ0v) is 8.85. The van der Waals surface area contributed by atoms with Crippen LogP contribution in [0.4, 0.5) is 10.1 Å². The number of alkyl halides is 1. The monoisotopic (exact) mass is 227 g/mol. The third-order valence-corrected chi connectivity index (χ3v) is 2.68. The van der Waals surface area contributed by atoms with Gasteiger partial charge in [0.1, 0.15) is 11.7 Å². The molecule has 2 rings (SSSR count). The highest BCUT2D eigenvalue weighted by Gasteiger charge is 2.27. The molecule has 1 amide bonds. The van der Waals surface area contributed by atoms with Crippen molar-refractivity contribution < 1.29 is 9.18 Å². The van der Waals surface area contributed by atoms with E-state index in [9.17, 15) is 9.18 Å². The molecule has 1 aliphatic carbocycles. The smallest absolute Gasteiger partial charge is 0.239 e. The van der Waals surface area contributed by atoms with E-state index in [4.69, 9.17) is 11.6 Å². The number of amides is 1. The van der Waals surface area contributed by atoms with Crippen molar-refractivity contribution in [2.75, 3.05) is 11.2 Å². The van der Waals surface area contributed by atoms with Crippen LogP contribution in [0.3, 0.4) is 0 Å². The average molecular weight is 228 g/mol. The SMILES string of the molecule is O=C(CCl)Nc1cccc(C2CC2)c1F. The molecule has 4 heteroatoms. The highest BCUT2D eigenvalue weighted by molar-refractivity contribution is 6.29. The number of anilines is 1. The minimum Gasteiger partial charge on any atom is -0.323 e. The van der Waals surface area contributed by atoms with Crippen LogP contribution < -0.4 is 5.32 Å². The Morgan fingerprint density at radius 3 is 2.87 bits per heavy atom. The molecule has 0 heterocycles. The van der Waals surface area contributed by atoms with Crippen LogP contribution in [0.2, 0.25) is 0 Å². The number of hydrogen-bond acceptors (Lipinski definition) is 1. The number of nitrogens with one attached hydrogen (secondary N) is 1. The lowest BCUT2D eigenvalue weighted by atomic mass is 10.1. The summed E-state index contributed by atoms with van der Waals surface area (Å²) in [5.41, 5.74) is 0.924. The Labute approximate surface area is 92.4 Å². The van der Waals surface area contributed by atoms with Gasteiger partial charge in [-0.15, -0.1) is 11.6 Å². The minimum atomic E-state index is -0.386.